The molecule has 1 atom stereocenters. The van der Waals surface area contributed by atoms with Gasteiger partial charge in [-0.3, -0.25) is 19.6 Å². The van der Waals surface area contributed by atoms with Crippen LogP contribution >= 0.6 is 0 Å². The molecule has 1 aromatic carbocycles. The van der Waals surface area contributed by atoms with E-state index < -0.39 is 17.7 Å². The third-order valence-electron chi connectivity index (χ3n) is 5.60. The Morgan fingerprint density at radius 3 is 2.56 bits per heavy atom. The number of aromatic nitrogens is 2. The summed E-state index contributed by atoms with van der Waals surface area (Å²) in [6.07, 6.45) is 4.85. The monoisotopic (exact) mass is 429 g/mol. The number of rotatable bonds is 5. The summed E-state index contributed by atoms with van der Waals surface area (Å²) in [5.41, 5.74) is 3.32. The molecule has 1 amide bonds. The second kappa shape index (κ2) is 8.63. The highest BCUT2D eigenvalue weighted by molar-refractivity contribution is 6.46. The van der Waals surface area contributed by atoms with Crippen LogP contribution in [0.15, 0.2) is 66.6 Å². The highest BCUT2D eigenvalue weighted by Gasteiger charge is 2.46. The van der Waals surface area contributed by atoms with Crippen molar-refractivity contribution in [1.82, 2.24) is 14.9 Å². The first-order valence-corrected chi connectivity index (χ1v) is 10.2. The molecule has 1 fully saturated rings. The van der Waals surface area contributed by atoms with Gasteiger partial charge in [-0.25, -0.2) is 0 Å². The van der Waals surface area contributed by atoms with Gasteiger partial charge >= 0.3 is 0 Å². The number of amides is 1. The van der Waals surface area contributed by atoms with Crippen LogP contribution in [-0.2, 0) is 16.1 Å². The summed E-state index contributed by atoms with van der Waals surface area (Å²) in [4.78, 5) is 36.1. The van der Waals surface area contributed by atoms with E-state index >= 15 is 0 Å². The van der Waals surface area contributed by atoms with Crippen LogP contribution in [0.4, 0.5) is 0 Å². The zero-order valence-electron chi connectivity index (χ0n) is 18.1. The molecule has 1 saturated heterocycles. The maximum absolute atomic E-state index is 13.1. The van der Waals surface area contributed by atoms with Gasteiger partial charge in [0, 0.05) is 24.2 Å². The standard InChI is InChI=1S/C25H23N3O4/c1-15-12-20(32-3)16(2)11-19(15)23(29)21-22(17-7-6-9-26-13-17)28(25(31)24(21)30)14-18-8-4-5-10-27-18/h4-13,22,29H,14H2,1-3H3/b23-21+. The van der Waals surface area contributed by atoms with Gasteiger partial charge in [-0.1, -0.05) is 12.1 Å². The number of aliphatic hydroxyl groups is 1. The zero-order chi connectivity index (χ0) is 22.8. The van der Waals surface area contributed by atoms with Gasteiger partial charge in [-0.2, -0.15) is 0 Å². The van der Waals surface area contributed by atoms with E-state index in [0.29, 0.717) is 22.6 Å². The van der Waals surface area contributed by atoms with Crippen LogP contribution in [0.25, 0.3) is 5.76 Å². The number of likely N-dealkylation sites (tertiary alicyclic amines) is 1. The number of ketones is 1. The lowest BCUT2D eigenvalue weighted by Gasteiger charge is -2.25. The fourth-order valence-corrected chi connectivity index (χ4v) is 4.00. The van der Waals surface area contributed by atoms with E-state index in [1.165, 1.54) is 4.90 Å². The van der Waals surface area contributed by atoms with Crippen LogP contribution in [0.3, 0.4) is 0 Å². The molecule has 162 valence electrons. The predicted molar refractivity (Wildman–Crippen MR) is 119 cm³/mol. The van der Waals surface area contributed by atoms with Gasteiger partial charge in [0.05, 0.1) is 31.0 Å². The Bertz CT molecular complexity index is 1210. The number of nitrogens with zero attached hydrogens (tertiary/aromatic N) is 3. The van der Waals surface area contributed by atoms with E-state index in [1.807, 2.05) is 19.9 Å². The molecule has 0 saturated carbocycles. The molecule has 7 heteroatoms. The molecule has 1 unspecified atom stereocenters. The van der Waals surface area contributed by atoms with E-state index in [2.05, 4.69) is 9.97 Å². The molecule has 1 aliphatic rings. The van der Waals surface area contributed by atoms with Crippen molar-refractivity contribution in [3.8, 4) is 5.75 Å². The fraction of sp³-hybridized carbons (Fsp3) is 0.200. The molecule has 2 aromatic heterocycles. The number of aryl methyl sites for hydroxylation is 2. The number of Topliss-reactive ketones (excluding diaryl/α,β-unsaturated/α-hetero) is 1. The molecular weight excluding hydrogens is 406 g/mol. The Morgan fingerprint density at radius 1 is 1.09 bits per heavy atom. The second-order valence-corrected chi connectivity index (χ2v) is 7.67. The minimum Gasteiger partial charge on any atom is -0.507 e. The third kappa shape index (κ3) is 3.73. The van der Waals surface area contributed by atoms with E-state index in [9.17, 15) is 14.7 Å². The normalized spacial score (nSPS) is 17.6. The quantitative estimate of drug-likeness (QED) is 0.378. The number of hydrogen-bond donors (Lipinski definition) is 1. The van der Waals surface area contributed by atoms with Crippen molar-refractivity contribution in [2.75, 3.05) is 7.11 Å². The van der Waals surface area contributed by atoms with Crippen molar-refractivity contribution in [2.45, 2.75) is 26.4 Å². The SMILES string of the molecule is COc1cc(C)c(/C(O)=C2\C(=O)C(=O)N(Cc3ccccn3)C2c2cccnc2)cc1C. The fourth-order valence-electron chi connectivity index (χ4n) is 4.00. The maximum Gasteiger partial charge on any atom is 0.296 e. The number of ether oxygens (including phenoxy) is 1. The van der Waals surface area contributed by atoms with Gasteiger partial charge < -0.3 is 14.7 Å². The molecule has 0 bridgehead atoms. The summed E-state index contributed by atoms with van der Waals surface area (Å²) in [5, 5.41) is 11.3. The first kappa shape index (κ1) is 21.2. The topological polar surface area (TPSA) is 92.6 Å². The maximum atomic E-state index is 13.1. The average molecular weight is 429 g/mol. The first-order valence-electron chi connectivity index (χ1n) is 10.2. The number of methoxy groups -OCH3 is 1. The summed E-state index contributed by atoms with van der Waals surface area (Å²) in [7, 11) is 1.58. The van der Waals surface area contributed by atoms with Crippen molar-refractivity contribution < 1.29 is 19.4 Å². The summed E-state index contributed by atoms with van der Waals surface area (Å²) in [6.45, 7) is 3.80. The summed E-state index contributed by atoms with van der Waals surface area (Å²) in [6, 6.07) is 11.7. The van der Waals surface area contributed by atoms with Gasteiger partial charge in [0.2, 0.25) is 0 Å². The number of hydrogen-bond acceptors (Lipinski definition) is 6. The highest BCUT2D eigenvalue weighted by atomic mass is 16.5. The van der Waals surface area contributed by atoms with Crippen molar-refractivity contribution in [1.29, 1.82) is 0 Å². The average Bonchev–Trinajstić information content (AvgIpc) is 3.06. The lowest BCUT2D eigenvalue weighted by Crippen LogP contribution is -2.29. The van der Waals surface area contributed by atoms with Crippen LogP contribution in [0.5, 0.6) is 5.75 Å². The molecule has 3 aromatic rings. The highest BCUT2D eigenvalue weighted by Crippen LogP contribution is 2.41. The summed E-state index contributed by atoms with van der Waals surface area (Å²) < 4.78 is 5.36. The van der Waals surface area contributed by atoms with E-state index in [0.717, 1.165) is 11.1 Å². The van der Waals surface area contributed by atoms with Crippen LogP contribution < -0.4 is 4.74 Å². The third-order valence-corrected chi connectivity index (χ3v) is 5.60. The van der Waals surface area contributed by atoms with Gasteiger partial charge in [0.15, 0.2) is 0 Å². The van der Waals surface area contributed by atoms with E-state index in [1.54, 1.807) is 62.1 Å². The van der Waals surface area contributed by atoms with Gasteiger partial charge in [-0.05, 0) is 60.9 Å². The second-order valence-electron chi connectivity index (χ2n) is 7.67. The molecule has 0 spiro atoms. The van der Waals surface area contributed by atoms with Crippen molar-refractivity contribution >= 4 is 17.4 Å². The number of carbonyl (C=O) groups excluding carboxylic acids is 2. The number of benzene rings is 1. The minimum atomic E-state index is -0.785. The molecule has 7 nitrogen and oxygen atoms in total. The Morgan fingerprint density at radius 2 is 1.91 bits per heavy atom. The molecule has 0 aliphatic carbocycles. The van der Waals surface area contributed by atoms with Crippen molar-refractivity contribution in [3.05, 3.63) is 94.6 Å². The Labute approximate surface area is 186 Å². The molecule has 4 rings (SSSR count). The molecular formula is C25H23N3O4. The Hall–Kier alpha value is -4.00. The molecule has 0 radical (unpaired) electrons. The smallest absolute Gasteiger partial charge is 0.296 e. The van der Waals surface area contributed by atoms with Crippen LogP contribution in [0.1, 0.15) is 34.0 Å². The first-order chi connectivity index (χ1) is 15.4. The minimum absolute atomic E-state index is 0.0339. The number of pyridine rings is 2. The van der Waals surface area contributed by atoms with Crippen molar-refractivity contribution in [3.63, 3.8) is 0 Å². The zero-order valence-corrected chi connectivity index (χ0v) is 18.1. The van der Waals surface area contributed by atoms with E-state index in [-0.39, 0.29) is 17.9 Å². The number of aliphatic hydroxyl groups excluding tert-OH is 1. The van der Waals surface area contributed by atoms with E-state index in [4.69, 9.17) is 4.74 Å². The van der Waals surface area contributed by atoms with Crippen molar-refractivity contribution in [2.24, 2.45) is 0 Å². The number of carbonyl (C=O) groups is 2. The molecule has 32 heavy (non-hydrogen) atoms. The summed E-state index contributed by atoms with van der Waals surface area (Å²) in [5.74, 6) is -0.962. The predicted octanol–water partition coefficient (Wildman–Crippen LogP) is 3.72. The lowest BCUT2D eigenvalue weighted by molar-refractivity contribution is -0.140. The lowest BCUT2D eigenvalue weighted by atomic mass is 9.93. The molecule has 1 N–H and O–H groups in total. The van der Waals surface area contributed by atoms with Crippen LogP contribution in [0, 0.1) is 13.8 Å². The van der Waals surface area contributed by atoms with Gasteiger partial charge in [-0.15, -0.1) is 0 Å². The van der Waals surface area contributed by atoms with Crippen LogP contribution in [0.2, 0.25) is 0 Å². The summed E-state index contributed by atoms with van der Waals surface area (Å²) >= 11 is 0. The molecule has 3 heterocycles. The largest absolute Gasteiger partial charge is 0.507 e. The van der Waals surface area contributed by atoms with Gasteiger partial charge in [0.25, 0.3) is 11.7 Å². The molecule has 1 aliphatic heterocycles. The Kier molecular flexibility index (Phi) is 5.73. The van der Waals surface area contributed by atoms with Gasteiger partial charge in [0.1, 0.15) is 11.5 Å². The Balaban J connectivity index is 1.89. The van der Waals surface area contributed by atoms with Crippen LogP contribution in [-0.4, -0.2) is 38.8 Å².